The number of hydrogen-bond acceptors (Lipinski definition) is 0. The number of unbranched alkanes of at least 4 members (excludes halogenated alkanes) is 1. The molecule has 0 aromatic rings. The monoisotopic (exact) mass is 77.1 g/mol. The van der Waals surface area contributed by atoms with Crippen molar-refractivity contribution < 1.29 is 56.6 Å². The van der Waals surface area contributed by atoms with Crippen molar-refractivity contribution in [2.45, 2.75) is 12.8 Å². The average molecular weight is 76.9 g/mol. The third-order valence-corrected chi connectivity index (χ3v) is 0.250. The first-order valence-electron chi connectivity index (χ1n) is 1.50. The number of hydrogen-bond donors (Lipinski definition) is 0. The van der Waals surface area contributed by atoms with Gasteiger partial charge in [0.05, 0.1) is 0 Å². The summed E-state index contributed by atoms with van der Waals surface area (Å²) in [5.74, 6) is 0. The van der Waals surface area contributed by atoms with Gasteiger partial charge in [-0.1, -0.05) is 0 Å². The first-order valence-corrected chi connectivity index (χ1v) is 1.50. The van der Waals surface area contributed by atoms with Gasteiger partial charge in [-0.25, -0.2) is 12.8 Å². The van der Waals surface area contributed by atoms with Crippen molar-refractivity contribution in [3.63, 3.8) is 0 Å². The first kappa shape index (κ1) is 23.2. The van der Waals surface area contributed by atoms with E-state index in [1.807, 2.05) is 0 Å². The van der Waals surface area contributed by atoms with E-state index >= 15 is 0 Å². The molecule has 26 valence electrons. The topological polar surface area (TPSA) is 0 Å². The van der Waals surface area contributed by atoms with Crippen LogP contribution in [0.25, 0.3) is 0 Å². The summed E-state index contributed by atoms with van der Waals surface area (Å²) in [4.78, 5) is 0. The molecular formula is C4H8Li3+. The van der Waals surface area contributed by atoms with E-state index in [0.29, 0.717) is 0 Å². The van der Waals surface area contributed by atoms with E-state index in [0.717, 1.165) is 12.8 Å². The summed E-state index contributed by atoms with van der Waals surface area (Å²) in [6.45, 7) is 7.08. The van der Waals surface area contributed by atoms with Gasteiger partial charge in [0, 0.05) is 0 Å². The zero-order chi connectivity index (χ0) is 3.41. The van der Waals surface area contributed by atoms with Crippen LogP contribution in [0.3, 0.4) is 0 Å². The second-order valence-corrected chi connectivity index (χ2v) is 0.707. The minimum Gasteiger partial charge on any atom is -0.346 e. The Morgan fingerprint density at radius 2 is 0.857 bits per heavy atom. The van der Waals surface area contributed by atoms with E-state index in [1.54, 1.807) is 0 Å². The van der Waals surface area contributed by atoms with Gasteiger partial charge in [-0.3, -0.25) is 0 Å². The summed E-state index contributed by atoms with van der Waals surface area (Å²) in [6.07, 6.45) is 1.92. The molecule has 0 bridgehead atoms. The van der Waals surface area contributed by atoms with Crippen molar-refractivity contribution in [1.82, 2.24) is 0 Å². The van der Waals surface area contributed by atoms with Crippen molar-refractivity contribution in [2.24, 2.45) is 0 Å². The fourth-order valence-corrected chi connectivity index (χ4v) is 0. The largest absolute Gasteiger partial charge is 1.00 e. The van der Waals surface area contributed by atoms with E-state index in [-0.39, 0.29) is 56.6 Å². The minimum absolute atomic E-state index is 0. The van der Waals surface area contributed by atoms with Crippen molar-refractivity contribution >= 4 is 0 Å². The van der Waals surface area contributed by atoms with Crippen LogP contribution in [0.2, 0.25) is 0 Å². The molecule has 0 unspecified atom stereocenters. The summed E-state index contributed by atoms with van der Waals surface area (Å²) in [6, 6.07) is 0. The standard InChI is InChI=1S/C4H8.3Li/c1-3-4-2;;;/h1-4H2;;;/q-2;3*+1. The van der Waals surface area contributed by atoms with Crippen molar-refractivity contribution in [3.8, 4) is 0 Å². The Labute approximate surface area is 82.7 Å². The molecule has 0 saturated carbocycles. The summed E-state index contributed by atoms with van der Waals surface area (Å²) in [7, 11) is 0. The van der Waals surface area contributed by atoms with Crippen LogP contribution in [-0.4, -0.2) is 0 Å². The van der Waals surface area contributed by atoms with Gasteiger partial charge >= 0.3 is 56.6 Å². The summed E-state index contributed by atoms with van der Waals surface area (Å²) in [5, 5.41) is 0. The van der Waals surface area contributed by atoms with Gasteiger partial charge < -0.3 is 13.8 Å². The van der Waals surface area contributed by atoms with E-state index in [2.05, 4.69) is 13.8 Å². The summed E-state index contributed by atoms with van der Waals surface area (Å²) >= 11 is 0. The average Bonchev–Trinajstić information content (AvgIpc) is 1.37. The van der Waals surface area contributed by atoms with Crippen LogP contribution in [0.15, 0.2) is 0 Å². The first-order chi connectivity index (χ1) is 1.91. The van der Waals surface area contributed by atoms with Crippen LogP contribution >= 0.6 is 0 Å². The second kappa shape index (κ2) is 25.0. The maximum absolute atomic E-state index is 3.54. The van der Waals surface area contributed by atoms with E-state index in [4.69, 9.17) is 0 Å². The predicted octanol–water partition coefficient (Wildman–Crippen LogP) is -7.55. The van der Waals surface area contributed by atoms with Crippen LogP contribution in [0.4, 0.5) is 0 Å². The van der Waals surface area contributed by atoms with Gasteiger partial charge in [0.1, 0.15) is 0 Å². The SMILES string of the molecule is [CH2-]CC[CH2-].[Li+].[Li+].[Li+]. The quantitative estimate of drug-likeness (QED) is 0.215. The molecule has 0 heterocycles. The minimum atomic E-state index is 0. The van der Waals surface area contributed by atoms with Crippen molar-refractivity contribution in [2.75, 3.05) is 0 Å². The second-order valence-electron chi connectivity index (χ2n) is 0.707. The third kappa shape index (κ3) is 33.5. The molecule has 0 fully saturated rings. The van der Waals surface area contributed by atoms with Crippen LogP contribution in [0, 0.1) is 13.8 Å². The van der Waals surface area contributed by atoms with Gasteiger partial charge in [0.15, 0.2) is 0 Å². The fourth-order valence-electron chi connectivity index (χ4n) is 0. The molecule has 0 N–H and O–H groups in total. The zero-order valence-corrected chi connectivity index (χ0v) is 5.83. The van der Waals surface area contributed by atoms with Crippen molar-refractivity contribution in [3.05, 3.63) is 13.8 Å². The Balaban J connectivity index is -0.0000000150. The molecule has 0 nitrogen and oxygen atoms in total. The van der Waals surface area contributed by atoms with Gasteiger partial charge in [0.2, 0.25) is 0 Å². The van der Waals surface area contributed by atoms with Crippen LogP contribution in [0.5, 0.6) is 0 Å². The Morgan fingerprint density at radius 1 is 0.714 bits per heavy atom. The molecule has 0 aliphatic heterocycles. The molecule has 0 aromatic heterocycles. The molecule has 0 saturated heterocycles. The molecule has 0 aromatic carbocycles. The van der Waals surface area contributed by atoms with Crippen LogP contribution < -0.4 is 56.6 Å². The molecule has 0 radical (unpaired) electrons. The van der Waals surface area contributed by atoms with Gasteiger partial charge in [-0.2, -0.15) is 0 Å². The Kier molecular flexibility index (Phi) is 83.0. The van der Waals surface area contributed by atoms with Gasteiger partial charge in [-0.15, -0.1) is 0 Å². The maximum atomic E-state index is 3.54. The fraction of sp³-hybridized carbons (Fsp3) is 0.500. The molecule has 3 heteroatoms. The van der Waals surface area contributed by atoms with Crippen LogP contribution in [0.1, 0.15) is 12.8 Å². The normalized spacial score (nSPS) is 4.29. The third-order valence-electron chi connectivity index (χ3n) is 0.250. The Morgan fingerprint density at radius 3 is 0.857 bits per heavy atom. The van der Waals surface area contributed by atoms with Gasteiger partial charge in [0.25, 0.3) is 0 Å². The maximum Gasteiger partial charge on any atom is 1.00 e. The molecular weight excluding hydrogens is 68.9 g/mol. The zero-order valence-electron chi connectivity index (χ0n) is 5.83. The van der Waals surface area contributed by atoms with E-state index < -0.39 is 0 Å². The van der Waals surface area contributed by atoms with E-state index in [9.17, 15) is 0 Å². The molecule has 0 aliphatic rings. The predicted molar refractivity (Wildman–Crippen MR) is 19.9 cm³/mol. The Bertz CT molecular complexity index is 8.90. The van der Waals surface area contributed by atoms with E-state index in [1.165, 1.54) is 0 Å². The molecule has 7 heavy (non-hydrogen) atoms. The van der Waals surface area contributed by atoms with Gasteiger partial charge in [-0.05, 0) is 0 Å². The Hall–Kier alpha value is 1.79. The molecule has 0 amide bonds. The van der Waals surface area contributed by atoms with Crippen LogP contribution in [-0.2, 0) is 0 Å². The molecule has 0 spiro atoms. The number of rotatable bonds is 1. The molecule has 0 atom stereocenters. The van der Waals surface area contributed by atoms with Crippen molar-refractivity contribution in [1.29, 1.82) is 0 Å². The molecule has 0 aliphatic carbocycles. The smallest absolute Gasteiger partial charge is 0.346 e. The molecule has 0 rings (SSSR count). The summed E-state index contributed by atoms with van der Waals surface area (Å²) in [5.41, 5.74) is 0. The summed E-state index contributed by atoms with van der Waals surface area (Å²) < 4.78 is 0.